The highest BCUT2D eigenvalue weighted by Crippen LogP contribution is 2.27. The summed E-state index contributed by atoms with van der Waals surface area (Å²) in [6.07, 6.45) is 0. The number of anilines is 2. The van der Waals surface area contributed by atoms with Crippen molar-refractivity contribution in [1.82, 2.24) is 10.3 Å². The highest BCUT2D eigenvalue weighted by Gasteiger charge is 2.16. The summed E-state index contributed by atoms with van der Waals surface area (Å²) in [5.41, 5.74) is 5.79. The SMILES string of the molecule is COc1ccc(NC(=O)c2nonc2N)cc1Cl. The predicted molar refractivity (Wildman–Crippen MR) is 64.7 cm³/mol. The number of carbonyl (C=O) groups excluding carboxylic acids is 1. The molecule has 94 valence electrons. The Morgan fingerprint density at radius 2 is 2.28 bits per heavy atom. The Balaban J connectivity index is 2.17. The predicted octanol–water partition coefficient (Wildman–Crippen LogP) is 1.57. The Morgan fingerprint density at radius 1 is 1.50 bits per heavy atom. The molecule has 0 unspecified atom stereocenters. The number of nitrogens with zero attached hydrogens (tertiary/aromatic N) is 2. The number of halogens is 1. The van der Waals surface area contributed by atoms with E-state index in [1.165, 1.54) is 7.11 Å². The van der Waals surface area contributed by atoms with Crippen LogP contribution in [0.3, 0.4) is 0 Å². The summed E-state index contributed by atoms with van der Waals surface area (Å²) in [5.74, 6) is -0.0978. The first-order valence-corrected chi connectivity index (χ1v) is 5.22. The van der Waals surface area contributed by atoms with Crippen molar-refractivity contribution in [3.05, 3.63) is 28.9 Å². The van der Waals surface area contributed by atoms with E-state index in [9.17, 15) is 4.79 Å². The first-order valence-electron chi connectivity index (χ1n) is 4.84. The molecule has 2 rings (SSSR count). The fourth-order valence-corrected chi connectivity index (χ4v) is 1.55. The third-order valence-corrected chi connectivity index (χ3v) is 2.43. The minimum atomic E-state index is -0.532. The van der Waals surface area contributed by atoms with Crippen LogP contribution in [0.15, 0.2) is 22.8 Å². The van der Waals surface area contributed by atoms with Gasteiger partial charge in [-0.1, -0.05) is 11.6 Å². The van der Waals surface area contributed by atoms with Crippen LogP contribution in [0, 0.1) is 0 Å². The number of nitrogen functional groups attached to an aromatic ring is 1. The smallest absolute Gasteiger partial charge is 0.281 e. The van der Waals surface area contributed by atoms with Gasteiger partial charge >= 0.3 is 0 Å². The third kappa shape index (κ3) is 2.35. The monoisotopic (exact) mass is 268 g/mol. The highest BCUT2D eigenvalue weighted by molar-refractivity contribution is 6.32. The van der Waals surface area contributed by atoms with Crippen molar-refractivity contribution in [2.75, 3.05) is 18.2 Å². The Kier molecular flexibility index (Phi) is 3.33. The van der Waals surface area contributed by atoms with Gasteiger partial charge in [-0.3, -0.25) is 4.79 Å². The second kappa shape index (κ2) is 4.92. The van der Waals surface area contributed by atoms with E-state index in [1.807, 2.05) is 0 Å². The van der Waals surface area contributed by atoms with Crippen molar-refractivity contribution in [2.45, 2.75) is 0 Å². The van der Waals surface area contributed by atoms with Gasteiger partial charge in [0.2, 0.25) is 11.5 Å². The summed E-state index contributed by atoms with van der Waals surface area (Å²) in [5, 5.41) is 9.63. The van der Waals surface area contributed by atoms with Gasteiger partial charge in [0.1, 0.15) is 5.75 Å². The van der Waals surface area contributed by atoms with Crippen LogP contribution in [-0.2, 0) is 0 Å². The molecule has 0 saturated carbocycles. The van der Waals surface area contributed by atoms with Gasteiger partial charge in [0.05, 0.1) is 12.1 Å². The molecule has 1 aromatic carbocycles. The van der Waals surface area contributed by atoms with Crippen molar-refractivity contribution in [2.24, 2.45) is 0 Å². The van der Waals surface area contributed by atoms with Crippen LogP contribution in [-0.4, -0.2) is 23.3 Å². The van der Waals surface area contributed by atoms with Crippen LogP contribution in [0.5, 0.6) is 5.75 Å². The lowest BCUT2D eigenvalue weighted by molar-refractivity contribution is 0.101. The van der Waals surface area contributed by atoms with Crippen molar-refractivity contribution in [3.8, 4) is 5.75 Å². The first-order chi connectivity index (χ1) is 8.61. The number of amides is 1. The summed E-state index contributed by atoms with van der Waals surface area (Å²) in [6, 6.07) is 4.80. The van der Waals surface area contributed by atoms with E-state index in [-0.39, 0.29) is 11.5 Å². The number of nitrogens with one attached hydrogen (secondary N) is 1. The van der Waals surface area contributed by atoms with Crippen LogP contribution in [0.4, 0.5) is 11.5 Å². The molecule has 7 nitrogen and oxygen atoms in total. The molecule has 2 aromatic rings. The second-order valence-corrected chi connectivity index (χ2v) is 3.71. The number of rotatable bonds is 3. The lowest BCUT2D eigenvalue weighted by atomic mass is 10.3. The van der Waals surface area contributed by atoms with Crippen LogP contribution in [0.2, 0.25) is 5.02 Å². The number of benzene rings is 1. The number of hydrogen-bond acceptors (Lipinski definition) is 6. The Labute approximate surface area is 107 Å². The van der Waals surface area contributed by atoms with Crippen LogP contribution >= 0.6 is 11.6 Å². The molecule has 1 amide bonds. The maximum absolute atomic E-state index is 11.7. The summed E-state index contributed by atoms with van der Waals surface area (Å²) in [7, 11) is 1.50. The molecule has 0 spiro atoms. The minimum Gasteiger partial charge on any atom is -0.495 e. The Morgan fingerprint density at radius 3 is 2.83 bits per heavy atom. The summed E-state index contributed by atoms with van der Waals surface area (Å²) >= 11 is 5.92. The van der Waals surface area contributed by atoms with E-state index < -0.39 is 5.91 Å². The molecule has 0 aliphatic rings. The quantitative estimate of drug-likeness (QED) is 0.876. The zero-order valence-corrected chi connectivity index (χ0v) is 10.1. The largest absolute Gasteiger partial charge is 0.495 e. The van der Waals surface area contributed by atoms with Gasteiger partial charge in [-0.05, 0) is 28.5 Å². The van der Waals surface area contributed by atoms with E-state index in [1.54, 1.807) is 18.2 Å². The van der Waals surface area contributed by atoms with Crippen LogP contribution < -0.4 is 15.8 Å². The van der Waals surface area contributed by atoms with Crippen molar-refractivity contribution in [3.63, 3.8) is 0 Å². The lowest BCUT2D eigenvalue weighted by Gasteiger charge is -2.06. The number of methoxy groups -OCH3 is 1. The maximum atomic E-state index is 11.7. The average molecular weight is 269 g/mol. The van der Waals surface area contributed by atoms with Crippen molar-refractivity contribution in [1.29, 1.82) is 0 Å². The first kappa shape index (κ1) is 12.2. The zero-order chi connectivity index (χ0) is 13.1. The third-order valence-electron chi connectivity index (χ3n) is 2.14. The maximum Gasteiger partial charge on any atom is 0.281 e. The summed E-state index contributed by atoms with van der Waals surface area (Å²) < 4.78 is 9.33. The number of ether oxygens (including phenoxy) is 1. The van der Waals surface area contributed by atoms with Gasteiger partial charge in [0, 0.05) is 5.69 Å². The summed E-state index contributed by atoms with van der Waals surface area (Å²) in [6.45, 7) is 0. The summed E-state index contributed by atoms with van der Waals surface area (Å²) in [4.78, 5) is 11.7. The van der Waals surface area contributed by atoms with E-state index in [0.29, 0.717) is 16.5 Å². The molecule has 3 N–H and O–H groups in total. The number of hydrogen-bond donors (Lipinski definition) is 2. The molecule has 0 aliphatic carbocycles. The normalized spacial score (nSPS) is 10.1. The zero-order valence-electron chi connectivity index (χ0n) is 9.31. The molecule has 0 saturated heterocycles. The Hall–Kier alpha value is -2.28. The molecular weight excluding hydrogens is 260 g/mol. The van der Waals surface area contributed by atoms with Gasteiger partial charge in [-0.15, -0.1) is 0 Å². The molecule has 0 aliphatic heterocycles. The van der Waals surface area contributed by atoms with E-state index in [0.717, 1.165) is 0 Å². The van der Waals surface area contributed by atoms with Crippen molar-refractivity contribution < 1.29 is 14.2 Å². The van der Waals surface area contributed by atoms with Gasteiger partial charge < -0.3 is 15.8 Å². The number of nitrogens with two attached hydrogens (primary N) is 1. The van der Waals surface area contributed by atoms with Crippen LogP contribution in [0.25, 0.3) is 0 Å². The molecule has 0 atom stereocenters. The average Bonchev–Trinajstić information content (AvgIpc) is 2.76. The van der Waals surface area contributed by atoms with E-state index >= 15 is 0 Å². The van der Waals surface area contributed by atoms with Gasteiger partial charge in [0.25, 0.3) is 5.91 Å². The fourth-order valence-electron chi connectivity index (χ4n) is 1.29. The van der Waals surface area contributed by atoms with Crippen LogP contribution in [0.1, 0.15) is 10.5 Å². The molecule has 8 heteroatoms. The van der Waals surface area contributed by atoms with Gasteiger partial charge in [-0.25, -0.2) is 4.63 Å². The van der Waals surface area contributed by atoms with Gasteiger partial charge in [-0.2, -0.15) is 0 Å². The Bertz CT molecular complexity index is 584. The number of carbonyl (C=O) groups is 1. The molecule has 1 aromatic heterocycles. The second-order valence-electron chi connectivity index (χ2n) is 3.30. The topological polar surface area (TPSA) is 103 Å². The number of aromatic nitrogens is 2. The molecule has 0 bridgehead atoms. The highest BCUT2D eigenvalue weighted by atomic mass is 35.5. The molecule has 0 radical (unpaired) electrons. The van der Waals surface area contributed by atoms with E-state index in [4.69, 9.17) is 22.1 Å². The fraction of sp³-hybridized carbons (Fsp3) is 0.100. The lowest BCUT2D eigenvalue weighted by Crippen LogP contribution is -2.14. The molecule has 0 fully saturated rings. The minimum absolute atomic E-state index is 0.0768. The van der Waals surface area contributed by atoms with Gasteiger partial charge in [0.15, 0.2) is 0 Å². The molecular formula is C10H9ClN4O3. The van der Waals surface area contributed by atoms with Crippen molar-refractivity contribution >= 4 is 29.0 Å². The van der Waals surface area contributed by atoms with E-state index in [2.05, 4.69) is 20.3 Å². The molecule has 1 heterocycles. The molecule has 18 heavy (non-hydrogen) atoms. The standard InChI is InChI=1S/C10H9ClN4O3/c1-17-7-3-2-5(4-6(7)11)13-10(16)8-9(12)15-18-14-8/h2-4H,1H3,(H2,12,15)(H,13,16).